The molecule has 1 heterocycles. The van der Waals surface area contributed by atoms with Crippen LogP contribution in [0.5, 0.6) is 0 Å². The summed E-state index contributed by atoms with van der Waals surface area (Å²) in [5.74, 6) is 0. The molecule has 0 saturated carbocycles. The molecule has 1 aromatic heterocycles. The van der Waals surface area contributed by atoms with Crippen molar-refractivity contribution >= 4 is 0 Å². The molecule has 0 spiro atoms. The minimum atomic E-state index is -0.441. The van der Waals surface area contributed by atoms with Crippen molar-refractivity contribution in [2.75, 3.05) is 19.7 Å². The van der Waals surface area contributed by atoms with Gasteiger partial charge in [0.25, 0.3) is 0 Å². The normalized spacial score (nSPS) is 13.5. The summed E-state index contributed by atoms with van der Waals surface area (Å²) in [6.07, 6.45) is 3.12. The minimum absolute atomic E-state index is 0.161. The van der Waals surface area contributed by atoms with Crippen LogP contribution in [0.4, 0.5) is 0 Å². The number of rotatable bonds is 8. The molecule has 4 nitrogen and oxygen atoms in total. The van der Waals surface area contributed by atoms with Gasteiger partial charge < -0.3 is 14.3 Å². The number of hydrogen-bond acceptors (Lipinski definition) is 4. The predicted molar refractivity (Wildman–Crippen MR) is 66.8 cm³/mol. The minimum Gasteiger partial charge on any atom is -0.472 e. The molecular weight excluding hydrogens is 218 g/mol. The molecule has 0 aliphatic rings. The van der Waals surface area contributed by atoms with Gasteiger partial charge in [-0.25, -0.2) is 0 Å². The van der Waals surface area contributed by atoms with Crippen LogP contribution in [0.2, 0.25) is 0 Å². The van der Waals surface area contributed by atoms with Gasteiger partial charge in [0, 0.05) is 18.7 Å². The number of aliphatic hydroxyl groups is 1. The van der Waals surface area contributed by atoms with Crippen molar-refractivity contribution in [3.63, 3.8) is 0 Å². The van der Waals surface area contributed by atoms with E-state index in [1.54, 1.807) is 12.5 Å². The lowest BCUT2D eigenvalue weighted by molar-refractivity contribution is -0.00887. The summed E-state index contributed by atoms with van der Waals surface area (Å²) in [4.78, 5) is 2.17. The van der Waals surface area contributed by atoms with E-state index in [4.69, 9.17) is 9.15 Å². The van der Waals surface area contributed by atoms with Gasteiger partial charge in [-0.05, 0) is 26.5 Å². The van der Waals surface area contributed by atoms with E-state index in [2.05, 4.69) is 11.8 Å². The SMILES string of the molecule is CCN(Cc1ccoc1)CC(O)COC(C)C. The highest BCUT2D eigenvalue weighted by atomic mass is 16.5. The molecule has 0 aromatic carbocycles. The molecule has 0 amide bonds. The molecule has 0 bridgehead atoms. The average molecular weight is 241 g/mol. The Balaban J connectivity index is 2.30. The summed E-state index contributed by atoms with van der Waals surface area (Å²) in [6.45, 7) is 8.71. The van der Waals surface area contributed by atoms with Crippen molar-refractivity contribution in [2.24, 2.45) is 0 Å². The van der Waals surface area contributed by atoms with Crippen molar-refractivity contribution in [3.8, 4) is 0 Å². The van der Waals surface area contributed by atoms with Crippen LogP contribution in [0.1, 0.15) is 26.3 Å². The Kier molecular flexibility index (Phi) is 6.26. The number of nitrogens with zero attached hydrogens (tertiary/aromatic N) is 1. The zero-order chi connectivity index (χ0) is 12.7. The zero-order valence-corrected chi connectivity index (χ0v) is 10.9. The maximum Gasteiger partial charge on any atom is 0.0947 e. The summed E-state index contributed by atoms with van der Waals surface area (Å²) in [5.41, 5.74) is 1.13. The van der Waals surface area contributed by atoms with Crippen LogP contribution in [0.15, 0.2) is 23.0 Å². The lowest BCUT2D eigenvalue weighted by Crippen LogP contribution is -2.35. The van der Waals surface area contributed by atoms with Gasteiger partial charge in [0.1, 0.15) is 0 Å². The summed E-state index contributed by atoms with van der Waals surface area (Å²) in [6, 6.07) is 1.94. The fourth-order valence-corrected chi connectivity index (χ4v) is 1.60. The second kappa shape index (κ2) is 7.48. The maximum absolute atomic E-state index is 9.84. The molecule has 1 rings (SSSR count). The van der Waals surface area contributed by atoms with Crippen molar-refractivity contribution in [2.45, 2.75) is 39.5 Å². The van der Waals surface area contributed by atoms with E-state index in [9.17, 15) is 5.11 Å². The Morgan fingerprint density at radius 3 is 2.76 bits per heavy atom. The van der Waals surface area contributed by atoms with Gasteiger partial charge in [0.15, 0.2) is 0 Å². The third-order valence-corrected chi connectivity index (χ3v) is 2.52. The number of hydrogen-bond donors (Lipinski definition) is 1. The van der Waals surface area contributed by atoms with Gasteiger partial charge >= 0.3 is 0 Å². The monoisotopic (exact) mass is 241 g/mol. The van der Waals surface area contributed by atoms with Gasteiger partial charge in [-0.15, -0.1) is 0 Å². The van der Waals surface area contributed by atoms with Crippen LogP contribution in [-0.2, 0) is 11.3 Å². The number of likely N-dealkylation sites (N-methyl/N-ethyl adjacent to an activating group) is 1. The summed E-state index contributed by atoms with van der Waals surface area (Å²) >= 11 is 0. The van der Waals surface area contributed by atoms with Gasteiger partial charge in [0.05, 0.1) is 31.3 Å². The van der Waals surface area contributed by atoms with E-state index in [0.717, 1.165) is 18.7 Å². The first-order valence-corrected chi connectivity index (χ1v) is 6.15. The molecule has 4 heteroatoms. The number of aliphatic hydroxyl groups excluding tert-OH is 1. The third kappa shape index (κ3) is 5.86. The first kappa shape index (κ1) is 14.2. The lowest BCUT2D eigenvalue weighted by atomic mass is 10.2. The molecule has 17 heavy (non-hydrogen) atoms. The van der Waals surface area contributed by atoms with Crippen molar-refractivity contribution in [1.82, 2.24) is 4.90 Å². The molecule has 0 aliphatic carbocycles. The number of ether oxygens (including phenoxy) is 1. The fraction of sp³-hybridized carbons (Fsp3) is 0.692. The highest BCUT2D eigenvalue weighted by molar-refractivity contribution is 5.04. The van der Waals surface area contributed by atoms with Crippen LogP contribution >= 0.6 is 0 Å². The summed E-state index contributed by atoms with van der Waals surface area (Å²) < 4.78 is 10.4. The highest BCUT2D eigenvalue weighted by Gasteiger charge is 2.12. The molecule has 1 unspecified atom stereocenters. The highest BCUT2D eigenvalue weighted by Crippen LogP contribution is 2.06. The standard InChI is InChI=1S/C13H23NO3/c1-4-14(7-12-5-6-16-9-12)8-13(15)10-17-11(2)3/h5-6,9,11,13,15H,4,7-8,10H2,1-3H3. The smallest absolute Gasteiger partial charge is 0.0947 e. The van der Waals surface area contributed by atoms with E-state index in [0.29, 0.717) is 13.2 Å². The number of furan rings is 1. The fourth-order valence-electron chi connectivity index (χ4n) is 1.60. The van der Waals surface area contributed by atoms with E-state index in [1.807, 2.05) is 19.9 Å². The van der Waals surface area contributed by atoms with Crippen LogP contribution in [-0.4, -0.2) is 41.9 Å². The Bertz CT molecular complexity index is 285. The molecule has 1 aromatic rings. The molecule has 1 atom stereocenters. The maximum atomic E-state index is 9.84. The van der Waals surface area contributed by atoms with Gasteiger partial charge in [0.2, 0.25) is 0 Å². The molecule has 0 fully saturated rings. The van der Waals surface area contributed by atoms with Crippen molar-refractivity contribution in [3.05, 3.63) is 24.2 Å². The quantitative estimate of drug-likeness (QED) is 0.755. The third-order valence-electron chi connectivity index (χ3n) is 2.52. The molecular formula is C13H23NO3. The van der Waals surface area contributed by atoms with Gasteiger partial charge in [-0.2, -0.15) is 0 Å². The van der Waals surface area contributed by atoms with Gasteiger partial charge in [-0.1, -0.05) is 6.92 Å². The van der Waals surface area contributed by atoms with Crippen molar-refractivity contribution < 1.29 is 14.3 Å². The largest absolute Gasteiger partial charge is 0.472 e. The van der Waals surface area contributed by atoms with Crippen LogP contribution in [0.3, 0.4) is 0 Å². The Labute approximate surface area is 103 Å². The average Bonchev–Trinajstić information content (AvgIpc) is 2.78. The van der Waals surface area contributed by atoms with Crippen LogP contribution in [0.25, 0.3) is 0 Å². The van der Waals surface area contributed by atoms with Gasteiger partial charge in [-0.3, -0.25) is 4.90 Å². The molecule has 0 saturated heterocycles. The molecule has 0 aliphatic heterocycles. The Hall–Kier alpha value is -0.840. The Morgan fingerprint density at radius 1 is 1.47 bits per heavy atom. The van der Waals surface area contributed by atoms with E-state index in [1.165, 1.54) is 0 Å². The second-order valence-corrected chi connectivity index (χ2v) is 4.50. The van der Waals surface area contributed by atoms with E-state index < -0.39 is 6.10 Å². The predicted octanol–water partition coefficient (Wildman–Crippen LogP) is 1.89. The first-order chi connectivity index (χ1) is 8.11. The van der Waals surface area contributed by atoms with E-state index in [-0.39, 0.29) is 6.10 Å². The zero-order valence-electron chi connectivity index (χ0n) is 10.9. The second-order valence-electron chi connectivity index (χ2n) is 4.50. The van der Waals surface area contributed by atoms with Crippen molar-refractivity contribution in [1.29, 1.82) is 0 Å². The summed E-state index contributed by atoms with van der Waals surface area (Å²) in [7, 11) is 0. The topological polar surface area (TPSA) is 45.8 Å². The molecule has 1 N–H and O–H groups in total. The van der Waals surface area contributed by atoms with Crippen LogP contribution in [0, 0.1) is 0 Å². The van der Waals surface area contributed by atoms with Crippen LogP contribution < -0.4 is 0 Å². The Morgan fingerprint density at radius 2 is 2.24 bits per heavy atom. The lowest BCUT2D eigenvalue weighted by Gasteiger charge is -2.23. The molecule has 0 radical (unpaired) electrons. The van der Waals surface area contributed by atoms with E-state index >= 15 is 0 Å². The first-order valence-electron chi connectivity index (χ1n) is 6.15. The summed E-state index contributed by atoms with van der Waals surface area (Å²) in [5, 5.41) is 9.84. The molecule has 98 valence electrons.